The average molecular weight is 783 g/mol. The molecule has 11 aromatic rings. The molecular formula is C53H34N8. The fourth-order valence-electron chi connectivity index (χ4n) is 7.86. The molecule has 4 heterocycles. The van der Waals surface area contributed by atoms with E-state index in [9.17, 15) is 0 Å². The molecule has 0 aliphatic heterocycles. The highest BCUT2D eigenvalue weighted by Gasteiger charge is 2.22. The van der Waals surface area contributed by atoms with Crippen LogP contribution >= 0.6 is 0 Å². The van der Waals surface area contributed by atoms with E-state index >= 15 is 0 Å². The third kappa shape index (κ3) is 6.78. The molecule has 7 aromatic carbocycles. The molecule has 0 aliphatic carbocycles. The van der Waals surface area contributed by atoms with Crippen molar-refractivity contribution in [3.8, 4) is 85.1 Å². The van der Waals surface area contributed by atoms with Crippen LogP contribution in [0, 0.1) is 0 Å². The van der Waals surface area contributed by atoms with Crippen molar-refractivity contribution >= 4 is 21.8 Å². The first-order chi connectivity index (χ1) is 30.2. The van der Waals surface area contributed by atoms with Crippen molar-refractivity contribution < 1.29 is 0 Å². The van der Waals surface area contributed by atoms with Crippen LogP contribution in [0.2, 0.25) is 0 Å². The minimum Gasteiger partial charge on any atom is -0.308 e. The van der Waals surface area contributed by atoms with Gasteiger partial charge in [0.15, 0.2) is 34.9 Å². The maximum atomic E-state index is 5.23. The number of nitrogens with zero attached hydrogens (tertiary/aromatic N) is 8. The standard InChI is InChI=1S/C53H34N8/c1-5-16-35(17-6-1)48-55-49(36-18-7-2-8-19-36)58-52(57-48)40-27-29-43-42-25-13-14-26-45(42)61(47(43)33-40)46-30-28-39(41-24-15-31-54-34-41)32-44(46)53-59-50(37-20-9-3-10-21-37)56-51(60-53)38-22-11-4-12-23-38/h1-34H. The number of hydrogen-bond donors (Lipinski definition) is 0. The normalized spacial score (nSPS) is 11.3. The lowest BCUT2D eigenvalue weighted by molar-refractivity contribution is 1.06. The van der Waals surface area contributed by atoms with Gasteiger partial charge in [-0.25, -0.2) is 29.9 Å². The zero-order valence-corrected chi connectivity index (χ0v) is 32.7. The van der Waals surface area contributed by atoms with Crippen LogP contribution in [0.1, 0.15) is 0 Å². The second-order valence-electron chi connectivity index (χ2n) is 14.6. The van der Waals surface area contributed by atoms with Crippen LogP contribution in [0.15, 0.2) is 207 Å². The third-order valence-electron chi connectivity index (χ3n) is 10.8. The van der Waals surface area contributed by atoms with Gasteiger partial charge in [0.25, 0.3) is 0 Å². The summed E-state index contributed by atoms with van der Waals surface area (Å²) in [5, 5.41) is 2.20. The number of fused-ring (bicyclic) bond motifs is 3. The van der Waals surface area contributed by atoms with Crippen LogP contribution in [0.3, 0.4) is 0 Å². The summed E-state index contributed by atoms with van der Waals surface area (Å²) in [4.78, 5) is 35.0. The van der Waals surface area contributed by atoms with Crippen molar-refractivity contribution in [1.29, 1.82) is 0 Å². The Morgan fingerprint density at radius 2 is 0.738 bits per heavy atom. The summed E-state index contributed by atoms with van der Waals surface area (Å²) in [6, 6.07) is 65.7. The summed E-state index contributed by atoms with van der Waals surface area (Å²) in [5.74, 6) is 3.52. The summed E-state index contributed by atoms with van der Waals surface area (Å²) in [6.45, 7) is 0. The highest BCUT2D eigenvalue weighted by molar-refractivity contribution is 6.10. The Bertz CT molecular complexity index is 3220. The maximum absolute atomic E-state index is 5.23. The number of hydrogen-bond acceptors (Lipinski definition) is 7. The first-order valence-corrected chi connectivity index (χ1v) is 20.1. The Morgan fingerprint density at radius 1 is 0.295 bits per heavy atom. The van der Waals surface area contributed by atoms with Gasteiger partial charge in [0.2, 0.25) is 0 Å². The fraction of sp³-hybridized carbons (Fsp3) is 0. The van der Waals surface area contributed by atoms with E-state index in [0.717, 1.165) is 72.0 Å². The zero-order valence-electron chi connectivity index (χ0n) is 32.7. The Labute approximate surface area is 351 Å². The summed E-state index contributed by atoms with van der Waals surface area (Å²) in [5.41, 5.74) is 10.2. The molecule has 0 fully saturated rings. The lowest BCUT2D eigenvalue weighted by Gasteiger charge is -2.16. The molecular weight excluding hydrogens is 749 g/mol. The Hall–Kier alpha value is -8.49. The van der Waals surface area contributed by atoms with Crippen LogP contribution in [-0.2, 0) is 0 Å². The SMILES string of the molecule is c1ccc(-c2nc(-c3ccccc3)nc(-c3ccc4c5ccccc5n(-c5ccc(-c6cccnc6)cc5-c5nc(-c6ccccc6)nc(-c6ccccc6)n5)c4c3)n2)cc1. The van der Waals surface area contributed by atoms with Crippen molar-refractivity contribution in [3.63, 3.8) is 0 Å². The summed E-state index contributed by atoms with van der Waals surface area (Å²) < 4.78 is 2.31. The predicted octanol–water partition coefficient (Wildman–Crippen LogP) is 12.2. The van der Waals surface area contributed by atoms with Gasteiger partial charge in [0.05, 0.1) is 16.7 Å². The highest BCUT2D eigenvalue weighted by atomic mass is 15.1. The second kappa shape index (κ2) is 15.4. The van der Waals surface area contributed by atoms with Crippen LogP contribution < -0.4 is 0 Å². The second-order valence-corrected chi connectivity index (χ2v) is 14.6. The Morgan fingerprint density at radius 3 is 1.26 bits per heavy atom. The van der Waals surface area contributed by atoms with Gasteiger partial charge in [-0.15, -0.1) is 0 Å². The Balaban J connectivity index is 1.17. The molecule has 0 radical (unpaired) electrons. The molecule has 0 bridgehead atoms. The molecule has 11 rings (SSSR count). The van der Waals surface area contributed by atoms with Crippen LogP contribution in [0.5, 0.6) is 0 Å². The van der Waals surface area contributed by atoms with E-state index in [2.05, 4.69) is 76.3 Å². The lowest BCUT2D eigenvalue weighted by Crippen LogP contribution is -2.04. The molecule has 0 amide bonds. The molecule has 8 nitrogen and oxygen atoms in total. The van der Waals surface area contributed by atoms with E-state index in [0.29, 0.717) is 34.9 Å². The average Bonchev–Trinajstić information content (AvgIpc) is 3.68. The van der Waals surface area contributed by atoms with Gasteiger partial charge in [-0.05, 0) is 35.9 Å². The predicted molar refractivity (Wildman–Crippen MR) is 243 cm³/mol. The van der Waals surface area contributed by atoms with Gasteiger partial charge >= 0.3 is 0 Å². The van der Waals surface area contributed by atoms with Crippen LogP contribution in [-0.4, -0.2) is 39.5 Å². The van der Waals surface area contributed by atoms with Crippen LogP contribution in [0.25, 0.3) is 107 Å². The molecule has 0 saturated heterocycles. The number of pyridine rings is 1. The van der Waals surface area contributed by atoms with Gasteiger partial charge in [0, 0.05) is 62.1 Å². The lowest BCUT2D eigenvalue weighted by atomic mass is 10.0. The van der Waals surface area contributed by atoms with E-state index in [-0.39, 0.29) is 0 Å². The number of benzene rings is 7. The molecule has 0 spiro atoms. The molecule has 0 atom stereocenters. The van der Waals surface area contributed by atoms with Gasteiger partial charge < -0.3 is 4.57 Å². The summed E-state index contributed by atoms with van der Waals surface area (Å²) in [6.07, 6.45) is 3.67. The first-order valence-electron chi connectivity index (χ1n) is 20.1. The molecule has 286 valence electrons. The van der Waals surface area contributed by atoms with E-state index in [1.165, 1.54) is 0 Å². The Kier molecular flexibility index (Phi) is 8.98. The molecule has 0 aliphatic rings. The number of rotatable bonds is 8. The number of aromatic nitrogens is 8. The summed E-state index contributed by atoms with van der Waals surface area (Å²) >= 11 is 0. The van der Waals surface area contributed by atoms with Gasteiger partial charge in [0.1, 0.15) is 0 Å². The van der Waals surface area contributed by atoms with Crippen molar-refractivity contribution in [2.75, 3.05) is 0 Å². The maximum Gasteiger partial charge on any atom is 0.166 e. The molecule has 0 N–H and O–H groups in total. The quantitative estimate of drug-likeness (QED) is 0.151. The monoisotopic (exact) mass is 782 g/mol. The van der Waals surface area contributed by atoms with E-state index in [4.69, 9.17) is 29.9 Å². The zero-order chi connectivity index (χ0) is 40.5. The van der Waals surface area contributed by atoms with E-state index in [1.54, 1.807) is 6.20 Å². The minimum atomic E-state index is 0.549. The first kappa shape index (κ1) is 35.7. The molecule has 4 aromatic heterocycles. The molecule has 61 heavy (non-hydrogen) atoms. The van der Waals surface area contributed by atoms with Crippen molar-refractivity contribution in [1.82, 2.24) is 39.5 Å². The van der Waals surface area contributed by atoms with E-state index in [1.807, 2.05) is 134 Å². The summed E-state index contributed by atoms with van der Waals surface area (Å²) in [7, 11) is 0. The fourth-order valence-corrected chi connectivity index (χ4v) is 7.86. The number of para-hydroxylation sites is 1. The van der Waals surface area contributed by atoms with Gasteiger partial charge in [-0.2, -0.15) is 0 Å². The highest BCUT2D eigenvalue weighted by Crippen LogP contribution is 2.39. The van der Waals surface area contributed by atoms with E-state index < -0.39 is 0 Å². The molecule has 0 saturated carbocycles. The molecule has 8 heteroatoms. The van der Waals surface area contributed by atoms with Crippen molar-refractivity contribution in [2.45, 2.75) is 0 Å². The molecule has 0 unspecified atom stereocenters. The van der Waals surface area contributed by atoms with Gasteiger partial charge in [-0.1, -0.05) is 164 Å². The van der Waals surface area contributed by atoms with Gasteiger partial charge in [-0.3, -0.25) is 4.98 Å². The largest absolute Gasteiger partial charge is 0.308 e. The third-order valence-corrected chi connectivity index (χ3v) is 10.8. The van der Waals surface area contributed by atoms with Crippen LogP contribution in [0.4, 0.5) is 0 Å². The minimum absolute atomic E-state index is 0.549. The van der Waals surface area contributed by atoms with Crippen molar-refractivity contribution in [2.24, 2.45) is 0 Å². The smallest absolute Gasteiger partial charge is 0.166 e. The van der Waals surface area contributed by atoms with Crippen molar-refractivity contribution in [3.05, 3.63) is 207 Å². The topological polar surface area (TPSA) is 95.2 Å².